The van der Waals surface area contributed by atoms with E-state index in [4.69, 9.17) is 0 Å². The number of alkyl halides is 1. The van der Waals surface area contributed by atoms with Crippen LogP contribution < -0.4 is 38.9 Å². The first-order chi connectivity index (χ1) is 8.79. The third-order valence-corrected chi connectivity index (χ3v) is 3.27. The highest BCUT2D eigenvalue weighted by Crippen LogP contribution is 2.09. The highest BCUT2D eigenvalue weighted by atomic mass is 79.9. The molecule has 0 spiro atoms. The fourth-order valence-corrected chi connectivity index (χ4v) is 2.14. The molecule has 0 saturated carbocycles. The first kappa shape index (κ1) is 30.3. The van der Waals surface area contributed by atoms with Gasteiger partial charge in [-0.2, -0.15) is 0 Å². The maximum Gasteiger partial charge on any atom is 0.0780 e. The third kappa shape index (κ3) is 44.9. The lowest BCUT2D eigenvalue weighted by Gasteiger charge is -2.23. The third-order valence-electron chi connectivity index (χ3n) is 2.71. The molecule has 0 amide bonds. The van der Waals surface area contributed by atoms with E-state index >= 15 is 0 Å². The van der Waals surface area contributed by atoms with E-state index in [2.05, 4.69) is 58.2 Å². The van der Waals surface area contributed by atoms with Crippen molar-refractivity contribution in [3.8, 4) is 0 Å². The molecule has 0 fully saturated rings. The summed E-state index contributed by atoms with van der Waals surface area (Å²) in [5, 5.41) is 1.18. The van der Waals surface area contributed by atoms with Gasteiger partial charge in [-0.25, -0.2) is 0 Å². The van der Waals surface area contributed by atoms with Crippen LogP contribution in [0.4, 0.5) is 0 Å². The van der Waals surface area contributed by atoms with E-state index in [1.54, 1.807) is 0 Å². The van der Waals surface area contributed by atoms with Crippen molar-refractivity contribution in [2.45, 2.75) is 51.4 Å². The van der Waals surface area contributed by atoms with Crippen LogP contribution in [0.2, 0.25) is 0 Å². The molecule has 0 aromatic carbocycles. The number of quaternary nitrogens is 2. The summed E-state index contributed by atoms with van der Waals surface area (Å²) in [5.41, 5.74) is 0. The maximum atomic E-state index is 3.47. The Labute approximate surface area is 164 Å². The molecule has 0 atom stereocenters. The van der Waals surface area contributed by atoms with Gasteiger partial charge in [0.05, 0.1) is 48.8 Å². The van der Waals surface area contributed by atoms with Gasteiger partial charge < -0.3 is 43.3 Å². The van der Waals surface area contributed by atoms with Crippen molar-refractivity contribution in [1.82, 2.24) is 0 Å². The second-order valence-corrected chi connectivity index (χ2v) is 7.82. The minimum atomic E-state index is 0. The number of hydrogen-bond donors (Lipinski definition) is 1. The molecule has 2 nitrogen and oxygen atoms in total. The van der Waals surface area contributed by atoms with Crippen LogP contribution in [-0.2, 0) is 0 Å². The molecule has 0 aliphatic heterocycles. The second kappa shape index (κ2) is 21.4. The molecular formula is C16H39Br3N2. The maximum absolute atomic E-state index is 3.47. The van der Waals surface area contributed by atoms with Gasteiger partial charge in [-0.15, -0.1) is 0 Å². The van der Waals surface area contributed by atoms with Gasteiger partial charge >= 0.3 is 0 Å². The predicted octanol–water partition coefficient (Wildman–Crippen LogP) is -3.02. The zero-order valence-electron chi connectivity index (χ0n) is 15.2. The summed E-state index contributed by atoms with van der Waals surface area (Å²) in [6.45, 7) is 1.32. The minimum Gasteiger partial charge on any atom is -1.00 e. The van der Waals surface area contributed by atoms with Gasteiger partial charge in [-0.3, -0.25) is 0 Å². The Hall–Kier alpha value is 1.36. The van der Waals surface area contributed by atoms with Crippen molar-refractivity contribution < 1.29 is 43.3 Å². The molecule has 0 bridgehead atoms. The molecule has 1 N–H and O–H groups in total. The van der Waals surface area contributed by atoms with Gasteiger partial charge in [-0.1, -0.05) is 48.0 Å². The van der Waals surface area contributed by atoms with E-state index < -0.39 is 0 Å². The van der Waals surface area contributed by atoms with E-state index in [1.165, 1.54) is 68.1 Å². The summed E-state index contributed by atoms with van der Waals surface area (Å²) in [5.74, 6) is 0. The van der Waals surface area contributed by atoms with Crippen LogP contribution in [0.3, 0.4) is 0 Å². The number of hydrogen-bond acceptors (Lipinski definition) is 0. The summed E-state index contributed by atoms with van der Waals surface area (Å²) in [4.78, 5) is 1.42. The van der Waals surface area contributed by atoms with Crippen molar-refractivity contribution >= 4 is 15.9 Å². The van der Waals surface area contributed by atoms with E-state index in [9.17, 15) is 0 Å². The molecule has 134 valence electrons. The van der Waals surface area contributed by atoms with Crippen molar-refractivity contribution in [3.05, 3.63) is 0 Å². The average molecular weight is 499 g/mol. The first-order valence-electron chi connectivity index (χ1n) is 7.93. The molecule has 0 rings (SSSR count). The summed E-state index contributed by atoms with van der Waals surface area (Å²) in [6.07, 6.45) is 11.3. The van der Waals surface area contributed by atoms with Crippen LogP contribution >= 0.6 is 15.9 Å². The number of rotatable bonds is 10. The quantitative estimate of drug-likeness (QED) is 0.186. The average Bonchev–Trinajstić information content (AvgIpc) is 2.24. The Bertz CT molecular complexity index is 169. The number of unbranched alkanes of at least 4 members (excludes halogenated alkanes) is 7. The fraction of sp³-hybridized carbons (Fsp3) is 1.00. The van der Waals surface area contributed by atoms with Crippen molar-refractivity contribution in [3.63, 3.8) is 0 Å². The molecule has 0 aromatic heterocycles. The van der Waals surface area contributed by atoms with Crippen LogP contribution in [0.5, 0.6) is 0 Å². The summed E-state index contributed by atoms with van der Waals surface area (Å²) < 4.78 is 1.12. The second-order valence-electron chi connectivity index (χ2n) is 7.03. The number of nitrogens with one attached hydrogen (secondary N) is 1. The standard InChI is InChI=1S/C13H29BrN.C3H9N.2BrH/c1-15(2,3)13-11-9-7-5-4-6-8-10-12-14;1-4(2)3;;/h4-13H2,1-3H3;1-3H3;2*1H/q+1;;;/p-1. The monoisotopic (exact) mass is 496 g/mol. The molecule has 0 aromatic rings. The van der Waals surface area contributed by atoms with Gasteiger partial charge in [0, 0.05) is 5.33 Å². The molecule has 0 radical (unpaired) electrons. The lowest BCUT2D eigenvalue weighted by Crippen LogP contribution is -3.02. The Morgan fingerprint density at radius 2 is 0.952 bits per heavy atom. The molecule has 5 heteroatoms. The largest absolute Gasteiger partial charge is 1.00 e. The van der Waals surface area contributed by atoms with Gasteiger partial charge in [0.1, 0.15) is 0 Å². The smallest absolute Gasteiger partial charge is 0.0780 e. The van der Waals surface area contributed by atoms with Crippen molar-refractivity contribution in [1.29, 1.82) is 0 Å². The van der Waals surface area contributed by atoms with Gasteiger partial charge in [0.15, 0.2) is 0 Å². The van der Waals surface area contributed by atoms with Gasteiger partial charge in [-0.05, 0) is 19.3 Å². The molecule has 21 heavy (non-hydrogen) atoms. The van der Waals surface area contributed by atoms with Gasteiger partial charge in [0.2, 0.25) is 0 Å². The van der Waals surface area contributed by atoms with E-state index in [1.807, 2.05) is 0 Å². The Morgan fingerprint density at radius 1 is 0.667 bits per heavy atom. The topological polar surface area (TPSA) is 4.44 Å². The summed E-state index contributed by atoms with van der Waals surface area (Å²) in [6, 6.07) is 0. The van der Waals surface area contributed by atoms with E-state index in [-0.39, 0.29) is 34.0 Å². The zero-order valence-corrected chi connectivity index (χ0v) is 19.9. The fourth-order valence-electron chi connectivity index (χ4n) is 1.74. The molecule has 0 heterocycles. The van der Waals surface area contributed by atoms with E-state index in [0.717, 1.165) is 4.48 Å². The van der Waals surface area contributed by atoms with Gasteiger partial charge in [0.25, 0.3) is 0 Å². The Morgan fingerprint density at radius 3 is 1.24 bits per heavy atom. The van der Waals surface area contributed by atoms with Crippen LogP contribution in [0.1, 0.15) is 51.4 Å². The first-order valence-corrected chi connectivity index (χ1v) is 9.05. The lowest BCUT2D eigenvalue weighted by molar-refractivity contribution is -0.870. The molecular weight excluding hydrogens is 460 g/mol. The van der Waals surface area contributed by atoms with Crippen molar-refractivity contribution in [2.24, 2.45) is 0 Å². The van der Waals surface area contributed by atoms with Crippen LogP contribution in [-0.4, -0.2) is 58.6 Å². The molecule has 0 aliphatic rings. The Balaban J connectivity index is -0.000000213. The molecule has 0 aliphatic carbocycles. The lowest BCUT2D eigenvalue weighted by atomic mass is 10.1. The highest BCUT2D eigenvalue weighted by molar-refractivity contribution is 9.09. The van der Waals surface area contributed by atoms with E-state index in [0.29, 0.717) is 0 Å². The zero-order chi connectivity index (χ0) is 15.1. The normalized spacial score (nSPS) is 10.3. The van der Waals surface area contributed by atoms with Crippen LogP contribution in [0, 0.1) is 0 Å². The van der Waals surface area contributed by atoms with Crippen LogP contribution in [0.15, 0.2) is 0 Å². The van der Waals surface area contributed by atoms with Crippen molar-refractivity contribution in [2.75, 3.05) is 54.2 Å². The SMILES string of the molecule is C[N+](C)(C)CCCCCCCCCCBr.C[NH+](C)C.[Br-].[Br-]. The highest BCUT2D eigenvalue weighted by Gasteiger charge is 2.04. The molecule has 0 unspecified atom stereocenters. The van der Waals surface area contributed by atoms with Crippen LogP contribution in [0.25, 0.3) is 0 Å². The summed E-state index contributed by atoms with van der Waals surface area (Å²) >= 11 is 3.47. The molecule has 0 saturated heterocycles. The summed E-state index contributed by atoms with van der Waals surface area (Å²) in [7, 11) is 13.1. The number of halogens is 3. The number of nitrogens with zero attached hydrogens (tertiary/aromatic N) is 1. The minimum absolute atomic E-state index is 0. The predicted molar refractivity (Wildman–Crippen MR) is 92.4 cm³/mol. The Kier molecular flexibility index (Phi) is 30.8.